The zero-order valence-electron chi connectivity index (χ0n) is 35.4. The van der Waals surface area contributed by atoms with Crippen LogP contribution < -0.4 is 5.32 Å². The van der Waals surface area contributed by atoms with E-state index in [4.69, 9.17) is 25.2 Å². The summed E-state index contributed by atoms with van der Waals surface area (Å²) in [7, 11) is -2.42. The molecule has 2 heterocycles. The molecule has 0 saturated carbocycles. The summed E-state index contributed by atoms with van der Waals surface area (Å²) in [5, 5.41) is 6.63. The van der Waals surface area contributed by atoms with Crippen molar-refractivity contribution in [3.05, 3.63) is 16.1 Å². The third kappa shape index (κ3) is 12.5. The number of amides is 3. The van der Waals surface area contributed by atoms with E-state index in [1.165, 1.54) is 21.3 Å². The quantitative estimate of drug-likeness (QED) is 0.0512. The molecule has 54 heavy (non-hydrogen) atoms. The number of nitrogens with zero attached hydrogens (tertiary/aromatic N) is 3. The molecule has 1 N–H and O–H groups in total. The van der Waals surface area contributed by atoms with Gasteiger partial charge < -0.3 is 19.2 Å². The average Bonchev–Trinajstić information content (AvgIpc) is 3.72. The van der Waals surface area contributed by atoms with Crippen LogP contribution >= 0.6 is 11.3 Å². The lowest BCUT2D eigenvalue weighted by Gasteiger charge is -2.42. The van der Waals surface area contributed by atoms with Crippen molar-refractivity contribution < 1.29 is 37.9 Å². The largest absolute Gasteiger partial charge is 0.461 e. The van der Waals surface area contributed by atoms with E-state index in [-0.39, 0.29) is 35.8 Å². The van der Waals surface area contributed by atoms with Crippen molar-refractivity contribution in [2.24, 2.45) is 11.8 Å². The van der Waals surface area contributed by atoms with Crippen LogP contribution in [0, 0.1) is 24.2 Å². The van der Waals surface area contributed by atoms with Crippen LogP contribution in [-0.4, -0.2) is 90.1 Å². The number of aromatic nitrogens is 1. The Morgan fingerprint density at radius 2 is 1.78 bits per heavy atom. The van der Waals surface area contributed by atoms with Gasteiger partial charge in [0.1, 0.15) is 22.2 Å². The number of likely N-dealkylation sites (tertiary alicyclic amines) is 1. The highest BCUT2D eigenvalue weighted by molar-refractivity contribution is 7.09. The van der Waals surface area contributed by atoms with Crippen LogP contribution in [0.15, 0.2) is 5.38 Å². The third-order valence-corrected chi connectivity index (χ3v) is 15.9. The number of carbonyl (C=O) groups excluding carboxylic acids is 4. The smallest absolute Gasteiger partial charge is 0.411 e. The van der Waals surface area contributed by atoms with E-state index in [0.717, 1.165) is 0 Å². The second kappa shape index (κ2) is 19.7. The third-order valence-electron chi connectivity index (χ3n) is 10.5. The van der Waals surface area contributed by atoms with E-state index in [0.29, 0.717) is 50.1 Å². The molecule has 1 aromatic heterocycles. The highest BCUT2D eigenvalue weighted by Gasteiger charge is 2.49. The molecule has 0 spiro atoms. The number of terminal acetylenes is 1. The van der Waals surface area contributed by atoms with E-state index >= 15 is 0 Å². The fraction of sp³-hybridized carbons (Fsp3) is 0.775. The van der Waals surface area contributed by atoms with E-state index in [9.17, 15) is 19.2 Å². The summed E-state index contributed by atoms with van der Waals surface area (Å²) in [5.74, 6) is 0.893. The van der Waals surface area contributed by atoms with Crippen molar-refractivity contribution in [1.82, 2.24) is 20.3 Å². The van der Waals surface area contributed by atoms with Gasteiger partial charge in [-0.25, -0.2) is 19.6 Å². The molecule has 306 valence electrons. The Balaban J connectivity index is 2.62. The molecule has 2 rings (SSSR count). The van der Waals surface area contributed by atoms with Crippen LogP contribution in [0.4, 0.5) is 4.79 Å². The lowest BCUT2D eigenvalue weighted by atomic mass is 9.92. The first-order valence-electron chi connectivity index (χ1n) is 19.4. The molecule has 5 atom stereocenters. The van der Waals surface area contributed by atoms with Gasteiger partial charge in [-0.15, -0.1) is 23.7 Å². The molecular formula is C40H68N4O8SSi. The predicted octanol–water partition coefficient (Wildman–Crippen LogP) is 8.29. The summed E-state index contributed by atoms with van der Waals surface area (Å²) in [6.45, 7) is 28.3. The van der Waals surface area contributed by atoms with Crippen LogP contribution in [0.3, 0.4) is 0 Å². The summed E-state index contributed by atoms with van der Waals surface area (Å²) < 4.78 is 17.9. The van der Waals surface area contributed by atoms with Crippen LogP contribution in [-0.2, 0) is 28.3 Å². The number of nitrogens with one attached hydrogen (secondary N) is 1. The second-order valence-electron chi connectivity index (χ2n) is 17.4. The zero-order chi connectivity index (χ0) is 41.2. The molecule has 1 saturated heterocycles. The van der Waals surface area contributed by atoms with Crippen molar-refractivity contribution in [3.63, 3.8) is 0 Å². The van der Waals surface area contributed by atoms with Crippen molar-refractivity contribution in [2.75, 3.05) is 19.8 Å². The number of esters is 1. The van der Waals surface area contributed by atoms with Gasteiger partial charge in [0.15, 0.2) is 14.0 Å². The molecule has 0 aromatic carbocycles. The van der Waals surface area contributed by atoms with Gasteiger partial charge in [-0.2, -0.15) is 0 Å². The normalized spacial score (nSPS) is 18.7. The van der Waals surface area contributed by atoms with Crippen molar-refractivity contribution in [2.45, 2.75) is 169 Å². The first kappa shape index (κ1) is 47.2. The molecular weight excluding hydrogens is 725 g/mol. The molecule has 0 unspecified atom stereocenters. The Kier molecular flexibility index (Phi) is 17.2. The van der Waals surface area contributed by atoms with Crippen LogP contribution in [0.25, 0.3) is 0 Å². The minimum Gasteiger partial charge on any atom is -0.461 e. The minimum atomic E-state index is -2.42. The van der Waals surface area contributed by atoms with Gasteiger partial charge in [-0.3, -0.25) is 19.3 Å². The second-order valence-corrected chi connectivity index (χ2v) is 23.0. The van der Waals surface area contributed by atoms with Gasteiger partial charge in [-0.05, 0) is 83.8 Å². The topological polar surface area (TPSA) is 137 Å². The van der Waals surface area contributed by atoms with Crippen LogP contribution in [0.1, 0.15) is 143 Å². The number of thiazole rings is 1. The first-order chi connectivity index (χ1) is 24.9. The molecule has 1 aromatic rings. The fourth-order valence-corrected chi connectivity index (χ4v) is 8.10. The van der Waals surface area contributed by atoms with E-state index < -0.39 is 61.5 Å². The summed E-state index contributed by atoms with van der Waals surface area (Å²) in [5.41, 5.74) is -1.74. The summed E-state index contributed by atoms with van der Waals surface area (Å²) in [6, 6.07) is -1.50. The van der Waals surface area contributed by atoms with Gasteiger partial charge in [0.25, 0.3) is 5.91 Å². The maximum atomic E-state index is 15.0. The number of carbonyl (C=O) groups is 4. The highest BCUT2D eigenvalue weighted by atomic mass is 32.1. The van der Waals surface area contributed by atoms with E-state index in [2.05, 4.69) is 50.1 Å². The highest BCUT2D eigenvalue weighted by Crippen LogP contribution is 2.42. The molecule has 0 bridgehead atoms. The fourth-order valence-electron chi connectivity index (χ4n) is 5.91. The molecule has 1 aliphatic heterocycles. The molecule has 3 amide bonds. The number of ether oxygens (including phenoxy) is 2. The number of unbranched alkanes of at least 4 members (excludes halogenated alkanes) is 1. The Bertz CT molecular complexity index is 1460. The predicted molar refractivity (Wildman–Crippen MR) is 215 cm³/mol. The number of hydrogen-bond donors (Lipinski definition) is 1. The van der Waals surface area contributed by atoms with Gasteiger partial charge in [0, 0.05) is 24.8 Å². The molecule has 0 aliphatic carbocycles. The number of rotatable bonds is 18. The van der Waals surface area contributed by atoms with Crippen LogP contribution in [0.5, 0.6) is 0 Å². The van der Waals surface area contributed by atoms with Crippen molar-refractivity contribution in [3.8, 4) is 12.3 Å². The molecule has 12 nitrogen and oxygen atoms in total. The first-order valence-corrected chi connectivity index (χ1v) is 23.2. The SMILES string of the molecule is C#CCCCON(C(=O)[C@@H](NC(=O)[C@@]1(C)CCCN1C(=O)OC(C)(C)C)[C@@H](C)CC)[C@H](C[C@@H](O[Si](C)(C)C(C)(C)C)c1nc(C(=O)OCC)cs1)C(C)C. The lowest BCUT2D eigenvalue weighted by molar-refractivity contribution is -0.212. The molecule has 0 radical (unpaired) electrons. The molecule has 1 fully saturated rings. The Labute approximate surface area is 329 Å². The number of hydrogen-bond acceptors (Lipinski definition) is 10. The average molecular weight is 793 g/mol. The lowest BCUT2D eigenvalue weighted by Crippen LogP contribution is -2.62. The summed E-state index contributed by atoms with van der Waals surface area (Å²) >= 11 is 1.32. The van der Waals surface area contributed by atoms with E-state index in [1.807, 2.05) is 27.7 Å². The summed E-state index contributed by atoms with van der Waals surface area (Å²) in [4.78, 5) is 67.7. The van der Waals surface area contributed by atoms with Gasteiger partial charge >= 0.3 is 12.1 Å². The van der Waals surface area contributed by atoms with Gasteiger partial charge in [0.2, 0.25) is 5.91 Å². The van der Waals surface area contributed by atoms with Crippen LogP contribution in [0.2, 0.25) is 18.1 Å². The number of hydroxylamine groups is 2. The Morgan fingerprint density at radius 1 is 1.13 bits per heavy atom. The van der Waals surface area contributed by atoms with Crippen molar-refractivity contribution in [1.29, 1.82) is 0 Å². The maximum absolute atomic E-state index is 15.0. The van der Waals surface area contributed by atoms with Crippen molar-refractivity contribution >= 4 is 43.5 Å². The standard InChI is InChI=1S/C40H68N4O8SSi/c1-16-19-20-24-50-44(34(45)32(28(6)17-2)42-36(47)40(13)22-21-23-43(40)37(48)51-38(7,8)9)30(27(4)5)25-31(52-54(14,15)39(10,11)12)33-41-29(26-53-33)35(46)49-18-3/h1,26-28,30-32H,17-25H2,2-15H3,(H,42,47)/t28-,30+,31+,32-,40+/m0/s1. The Hall–Kier alpha value is -2.99. The minimum absolute atomic E-state index is 0.125. The molecule has 14 heteroatoms. The monoisotopic (exact) mass is 792 g/mol. The Morgan fingerprint density at radius 3 is 2.31 bits per heavy atom. The van der Waals surface area contributed by atoms with Gasteiger partial charge in [0.05, 0.1) is 25.4 Å². The van der Waals surface area contributed by atoms with Gasteiger partial charge in [-0.1, -0.05) is 54.9 Å². The molecule has 1 aliphatic rings. The van der Waals surface area contributed by atoms with E-state index in [1.54, 1.807) is 40.0 Å². The summed E-state index contributed by atoms with van der Waals surface area (Å²) in [6.07, 6.45) is 7.35. The maximum Gasteiger partial charge on any atom is 0.411 e. The zero-order valence-corrected chi connectivity index (χ0v) is 37.2.